The molecular formula is C21H33BrO. The first-order valence-electron chi connectivity index (χ1n) is 9.32. The molecule has 1 rings (SSSR count). The third kappa shape index (κ3) is 10.6. The molecule has 0 heterocycles. The standard InChI is InChI=1S/C21H33BrO/c1-2-3-4-5-6-7-8-9-10-11-12-15-20-16-13-14-17-21(20)23-19-18-22/h12-17H,2-11,18-19H2,1H3/b15-12-. The van der Waals surface area contributed by atoms with Gasteiger partial charge in [-0.05, 0) is 18.9 Å². The van der Waals surface area contributed by atoms with Crippen LogP contribution in [-0.2, 0) is 0 Å². The molecule has 0 saturated heterocycles. The SMILES string of the molecule is CCCCCCCCCCC/C=C\c1ccccc1OCCBr. The Hall–Kier alpha value is -0.760. The topological polar surface area (TPSA) is 9.23 Å². The van der Waals surface area contributed by atoms with Crippen LogP contribution < -0.4 is 4.74 Å². The Bertz CT molecular complexity index is 414. The number of benzene rings is 1. The highest BCUT2D eigenvalue weighted by molar-refractivity contribution is 9.09. The fourth-order valence-corrected chi connectivity index (χ4v) is 2.84. The van der Waals surface area contributed by atoms with E-state index in [1.807, 2.05) is 12.1 Å². The van der Waals surface area contributed by atoms with Crippen LogP contribution in [0.25, 0.3) is 6.08 Å². The average molecular weight is 381 g/mol. The van der Waals surface area contributed by atoms with Crippen molar-refractivity contribution < 1.29 is 4.74 Å². The molecule has 0 aliphatic rings. The lowest BCUT2D eigenvalue weighted by Crippen LogP contribution is -1.98. The first-order chi connectivity index (χ1) is 11.4. The molecule has 1 nitrogen and oxygen atoms in total. The monoisotopic (exact) mass is 380 g/mol. The molecule has 0 atom stereocenters. The molecular weight excluding hydrogens is 348 g/mol. The first-order valence-corrected chi connectivity index (χ1v) is 10.4. The van der Waals surface area contributed by atoms with E-state index in [2.05, 4.69) is 47.1 Å². The molecule has 23 heavy (non-hydrogen) atoms. The van der Waals surface area contributed by atoms with Gasteiger partial charge in [0.15, 0.2) is 0 Å². The Labute approximate surface area is 151 Å². The van der Waals surface area contributed by atoms with Gasteiger partial charge in [0.1, 0.15) is 5.75 Å². The Morgan fingerprint density at radius 2 is 1.57 bits per heavy atom. The van der Waals surface area contributed by atoms with Gasteiger partial charge >= 0.3 is 0 Å². The second-order valence-corrected chi connectivity index (χ2v) is 6.89. The van der Waals surface area contributed by atoms with Gasteiger partial charge in [-0.25, -0.2) is 0 Å². The zero-order valence-corrected chi connectivity index (χ0v) is 16.3. The maximum atomic E-state index is 5.74. The highest BCUT2D eigenvalue weighted by atomic mass is 79.9. The summed E-state index contributed by atoms with van der Waals surface area (Å²) in [5, 5.41) is 0.865. The largest absolute Gasteiger partial charge is 0.492 e. The quantitative estimate of drug-likeness (QED) is 0.241. The molecule has 0 spiro atoms. The molecule has 1 aromatic carbocycles. The van der Waals surface area contributed by atoms with Crippen molar-refractivity contribution in [3.63, 3.8) is 0 Å². The Balaban J connectivity index is 2.10. The maximum absolute atomic E-state index is 5.74. The number of alkyl halides is 1. The van der Waals surface area contributed by atoms with Crippen molar-refractivity contribution in [1.82, 2.24) is 0 Å². The normalized spacial score (nSPS) is 11.2. The Kier molecular flexibility index (Phi) is 13.1. The minimum Gasteiger partial charge on any atom is -0.492 e. The van der Waals surface area contributed by atoms with E-state index >= 15 is 0 Å². The van der Waals surface area contributed by atoms with Gasteiger partial charge in [-0.3, -0.25) is 0 Å². The molecule has 0 unspecified atom stereocenters. The van der Waals surface area contributed by atoms with Crippen LogP contribution >= 0.6 is 15.9 Å². The van der Waals surface area contributed by atoms with Gasteiger partial charge in [-0.2, -0.15) is 0 Å². The summed E-state index contributed by atoms with van der Waals surface area (Å²) >= 11 is 3.40. The van der Waals surface area contributed by atoms with Crippen molar-refractivity contribution in [3.8, 4) is 5.75 Å². The number of para-hydroxylation sites is 1. The maximum Gasteiger partial charge on any atom is 0.126 e. The van der Waals surface area contributed by atoms with Crippen molar-refractivity contribution >= 4 is 22.0 Å². The Morgan fingerprint density at radius 1 is 0.913 bits per heavy atom. The molecule has 2 heteroatoms. The van der Waals surface area contributed by atoms with E-state index in [-0.39, 0.29) is 0 Å². The molecule has 0 aliphatic carbocycles. The van der Waals surface area contributed by atoms with Crippen LogP contribution in [0.1, 0.15) is 76.7 Å². The van der Waals surface area contributed by atoms with Crippen LogP contribution in [0.4, 0.5) is 0 Å². The summed E-state index contributed by atoms with van der Waals surface area (Å²) in [4.78, 5) is 0. The minimum atomic E-state index is 0.711. The fraction of sp³-hybridized carbons (Fsp3) is 0.619. The molecule has 1 aromatic rings. The van der Waals surface area contributed by atoms with Crippen molar-refractivity contribution in [3.05, 3.63) is 35.9 Å². The number of unbranched alkanes of at least 4 members (excludes halogenated alkanes) is 9. The van der Waals surface area contributed by atoms with Crippen molar-refractivity contribution in [2.24, 2.45) is 0 Å². The summed E-state index contributed by atoms with van der Waals surface area (Å²) in [6, 6.07) is 8.26. The second kappa shape index (κ2) is 14.8. The number of ether oxygens (including phenoxy) is 1. The molecule has 0 amide bonds. The zero-order chi connectivity index (χ0) is 16.6. The molecule has 0 radical (unpaired) electrons. The summed E-state index contributed by atoms with van der Waals surface area (Å²) in [5.41, 5.74) is 1.18. The summed E-state index contributed by atoms with van der Waals surface area (Å²) in [6.45, 7) is 2.99. The minimum absolute atomic E-state index is 0.711. The van der Waals surface area contributed by atoms with Crippen LogP contribution in [0.15, 0.2) is 30.3 Å². The molecule has 0 aliphatic heterocycles. The summed E-state index contributed by atoms with van der Waals surface area (Å²) < 4.78 is 5.74. The van der Waals surface area contributed by atoms with Crippen molar-refractivity contribution in [2.45, 2.75) is 71.1 Å². The number of hydrogen-bond donors (Lipinski definition) is 0. The van der Waals surface area contributed by atoms with Gasteiger partial charge in [-0.15, -0.1) is 0 Å². The van der Waals surface area contributed by atoms with Crippen LogP contribution in [0.3, 0.4) is 0 Å². The molecule has 130 valence electrons. The highest BCUT2D eigenvalue weighted by Gasteiger charge is 1.98. The van der Waals surface area contributed by atoms with Crippen molar-refractivity contribution in [1.29, 1.82) is 0 Å². The molecule has 0 fully saturated rings. The van der Waals surface area contributed by atoms with Gasteiger partial charge in [0, 0.05) is 10.9 Å². The number of hydrogen-bond acceptors (Lipinski definition) is 1. The van der Waals surface area contributed by atoms with Gasteiger partial charge in [-0.1, -0.05) is 105 Å². The lowest BCUT2D eigenvalue weighted by molar-refractivity contribution is 0.344. The third-order valence-electron chi connectivity index (χ3n) is 4.03. The Morgan fingerprint density at radius 3 is 2.26 bits per heavy atom. The lowest BCUT2D eigenvalue weighted by atomic mass is 10.1. The smallest absolute Gasteiger partial charge is 0.126 e. The van der Waals surface area contributed by atoms with E-state index in [4.69, 9.17) is 4.74 Å². The van der Waals surface area contributed by atoms with Gasteiger partial charge in [0.05, 0.1) is 6.61 Å². The van der Waals surface area contributed by atoms with E-state index in [9.17, 15) is 0 Å². The van der Waals surface area contributed by atoms with Crippen LogP contribution in [-0.4, -0.2) is 11.9 Å². The number of allylic oxidation sites excluding steroid dienone is 1. The first kappa shape index (κ1) is 20.3. The fourth-order valence-electron chi connectivity index (χ4n) is 2.68. The summed E-state index contributed by atoms with van der Waals surface area (Å²) in [6.07, 6.45) is 18.2. The molecule has 0 N–H and O–H groups in total. The van der Waals surface area contributed by atoms with Crippen LogP contribution in [0, 0.1) is 0 Å². The number of halogens is 1. The van der Waals surface area contributed by atoms with E-state index < -0.39 is 0 Å². The predicted molar refractivity (Wildman–Crippen MR) is 107 cm³/mol. The molecule has 0 saturated carbocycles. The zero-order valence-electron chi connectivity index (χ0n) is 14.7. The molecule has 0 aromatic heterocycles. The number of rotatable bonds is 14. The predicted octanol–water partition coefficient (Wildman–Crippen LogP) is 7.39. The van der Waals surface area contributed by atoms with Crippen molar-refractivity contribution in [2.75, 3.05) is 11.9 Å². The van der Waals surface area contributed by atoms with E-state index in [1.165, 1.54) is 69.8 Å². The lowest BCUT2D eigenvalue weighted by Gasteiger charge is -2.07. The third-order valence-corrected chi connectivity index (χ3v) is 4.35. The van der Waals surface area contributed by atoms with Gasteiger partial charge in [0.2, 0.25) is 0 Å². The second-order valence-electron chi connectivity index (χ2n) is 6.09. The van der Waals surface area contributed by atoms with Gasteiger partial charge in [0.25, 0.3) is 0 Å². The van der Waals surface area contributed by atoms with Crippen LogP contribution in [0.2, 0.25) is 0 Å². The highest BCUT2D eigenvalue weighted by Crippen LogP contribution is 2.20. The average Bonchev–Trinajstić information content (AvgIpc) is 2.58. The molecule has 0 bridgehead atoms. The summed E-state index contributed by atoms with van der Waals surface area (Å²) in [5.74, 6) is 0.982. The van der Waals surface area contributed by atoms with E-state index in [1.54, 1.807) is 0 Å². The van der Waals surface area contributed by atoms with Gasteiger partial charge < -0.3 is 4.74 Å². The summed E-state index contributed by atoms with van der Waals surface area (Å²) in [7, 11) is 0. The van der Waals surface area contributed by atoms with E-state index in [0.29, 0.717) is 6.61 Å². The van der Waals surface area contributed by atoms with Crippen LogP contribution in [0.5, 0.6) is 5.75 Å². The van der Waals surface area contributed by atoms with E-state index in [0.717, 1.165) is 11.1 Å².